The van der Waals surface area contributed by atoms with Crippen LogP contribution in [-0.2, 0) is 17.8 Å². The SMILES string of the molecule is Cc1cn2c(n1)CCC(NC(=O)C1CC=CCC1)C2. The van der Waals surface area contributed by atoms with Gasteiger partial charge in [-0.15, -0.1) is 0 Å². The summed E-state index contributed by atoms with van der Waals surface area (Å²) in [6.45, 7) is 2.89. The highest BCUT2D eigenvalue weighted by molar-refractivity contribution is 5.79. The zero-order valence-electron chi connectivity index (χ0n) is 11.4. The van der Waals surface area contributed by atoms with E-state index in [0.717, 1.165) is 50.2 Å². The Morgan fingerprint density at radius 1 is 1.42 bits per heavy atom. The summed E-state index contributed by atoms with van der Waals surface area (Å²) in [5.74, 6) is 1.56. The molecule has 1 aliphatic carbocycles. The van der Waals surface area contributed by atoms with Crippen molar-refractivity contribution in [3.05, 3.63) is 29.9 Å². The Morgan fingerprint density at radius 2 is 2.32 bits per heavy atom. The van der Waals surface area contributed by atoms with Gasteiger partial charge in [0, 0.05) is 31.1 Å². The lowest BCUT2D eigenvalue weighted by Crippen LogP contribution is -2.43. The Morgan fingerprint density at radius 3 is 3.11 bits per heavy atom. The average molecular weight is 259 g/mol. The van der Waals surface area contributed by atoms with E-state index in [2.05, 4.69) is 33.2 Å². The van der Waals surface area contributed by atoms with Crippen LogP contribution >= 0.6 is 0 Å². The van der Waals surface area contributed by atoms with Crippen molar-refractivity contribution in [2.75, 3.05) is 0 Å². The van der Waals surface area contributed by atoms with E-state index >= 15 is 0 Å². The molecule has 1 amide bonds. The number of hydrogen-bond acceptors (Lipinski definition) is 2. The van der Waals surface area contributed by atoms with Crippen LogP contribution in [0.2, 0.25) is 0 Å². The van der Waals surface area contributed by atoms with Gasteiger partial charge in [-0.2, -0.15) is 0 Å². The number of aromatic nitrogens is 2. The van der Waals surface area contributed by atoms with E-state index in [1.54, 1.807) is 0 Å². The molecule has 2 aliphatic rings. The van der Waals surface area contributed by atoms with Crippen LogP contribution in [0.3, 0.4) is 0 Å². The van der Waals surface area contributed by atoms with E-state index < -0.39 is 0 Å². The van der Waals surface area contributed by atoms with Crippen LogP contribution in [0.4, 0.5) is 0 Å². The molecule has 1 aromatic heterocycles. The fraction of sp³-hybridized carbons (Fsp3) is 0.600. The minimum Gasteiger partial charge on any atom is -0.351 e. The summed E-state index contributed by atoms with van der Waals surface area (Å²) >= 11 is 0. The maximum atomic E-state index is 12.2. The van der Waals surface area contributed by atoms with Gasteiger partial charge in [-0.1, -0.05) is 12.2 Å². The molecule has 0 aromatic carbocycles. The van der Waals surface area contributed by atoms with Crippen molar-refractivity contribution in [2.24, 2.45) is 5.92 Å². The maximum absolute atomic E-state index is 12.2. The molecule has 19 heavy (non-hydrogen) atoms. The zero-order valence-corrected chi connectivity index (χ0v) is 11.4. The number of aryl methyl sites for hydroxylation is 2. The third kappa shape index (κ3) is 2.72. The van der Waals surface area contributed by atoms with E-state index in [0.29, 0.717) is 0 Å². The van der Waals surface area contributed by atoms with E-state index in [4.69, 9.17) is 0 Å². The molecular formula is C15H21N3O. The monoisotopic (exact) mass is 259 g/mol. The second kappa shape index (κ2) is 5.19. The number of amides is 1. The molecule has 4 heteroatoms. The molecule has 1 aromatic rings. The quantitative estimate of drug-likeness (QED) is 0.826. The first-order valence-corrected chi connectivity index (χ1v) is 7.20. The highest BCUT2D eigenvalue weighted by atomic mass is 16.1. The van der Waals surface area contributed by atoms with Crippen LogP contribution in [0.25, 0.3) is 0 Å². The number of carbonyl (C=O) groups excluding carboxylic acids is 1. The van der Waals surface area contributed by atoms with Gasteiger partial charge < -0.3 is 9.88 Å². The molecule has 102 valence electrons. The van der Waals surface area contributed by atoms with E-state index in [-0.39, 0.29) is 17.9 Å². The standard InChI is InChI=1S/C15H21N3O/c1-11-9-18-10-13(7-8-14(18)16-11)17-15(19)12-5-3-2-4-6-12/h2-3,9,12-13H,4-8,10H2,1H3,(H,17,19). The molecule has 0 saturated heterocycles. The summed E-state index contributed by atoms with van der Waals surface area (Å²) in [6.07, 6.45) is 11.3. The number of imidazole rings is 1. The number of nitrogens with zero attached hydrogens (tertiary/aromatic N) is 2. The fourth-order valence-electron chi connectivity index (χ4n) is 3.05. The van der Waals surface area contributed by atoms with Gasteiger partial charge in [-0.05, 0) is 32.6 Å². The predicted octanol–water partition coefficient (Wildman–Crippen LogP) is 1.98. The molecule has 0 saturated carbocycles. The van der Waals surface area contributed by atoms with Gasteiger partial charge in [-0.3, -0.25) is 4.79 Å². The molecule has 2 unspecified atom stereocenters. The van der Waals surface area contributed by atoms with Crippen molar-refractivity contribution in [2.45, 2.75) is 51.6 Å². The summed E-state index contributed by atoms with van der Waals surface area (Å²) in [4.78, 5) is 16.7. The lowest BCUT2D eigenvalue weighted by molar-refractivity contribution is -0.126. The Balaban J connectivity index is 1.59. The average Bonchev–Trinajstić information content (AvgIpc) is 2.79. The molecule has 1 N–H and O–H groups in total. The third-order valence-corrected chi connectivity index (χ3v) is 4.10. The normalized spacial score (nSPS) is 25.9. The van der Waals surface area contributed by atoms with Crippen LogP contribution in [-0.4, -0.2) is 21.5 Å². The van der Waals surface area contributed by atoms with Crippen molar-refractivity contribution in [1.29, 1.82) is 0 Å². The van der Waals surface area contributed by atoms with Crippen molar-refractivity contribution in [1.82, 2.24) is 14.9 Å². The van der Waals surface area contributed by atoms with E-state index in [1.807, 2.05) is 6.92 Å². The third-order valence-electron chi connectivity index (χ3n) is 4.10. The molecule has 4 nitrogen and oxygen atoms in total. The number of allylic oxidation sites excluding steroid dienone is 2. The van der Waals surface area contributed by atoms with Crippen molar-refractivity contribution >= 4 is 5.91 Å². The molecule has 1 aliphatic heterocycles. The maximum Gasteiger partial charge on any atom is 0.223 e. The predicted molar refractivity (Wildman–Crippen MR) is 73.7 cm³/mol. The van der Waals surface area contributed by atoms with E-state index in [1.165, 1.54) is 0 Å². The summed E-state index contributed by atoms with van der Waals surface area (Å²) in [6, 6.07) is 0.263. The smallest absolute Gasteiger partial charge is 0.223 e. The molecule has 2 heterocycles. The second-order valence-corrected chi connectivity index (χ2v) is 5.68. The first-order chi connectivity index (χ1) is 9.22. The van der Waals surface area contributed by atoms with Crippen molar-refractivity contribution < 1.29 is 4.79 Å². The summed E-state index contributed by atoms with van der Waals surface area (Å²) in [5.41, 5.74) is 1.07. The number of rotatable bonds is 2. The Labute approximate surface area is 113 Å². The fourth-order valence-corrected chi connectivity index (χ4v) is 3.05. The second-order valence-electron chi connectivity index (χ2n) is 5.68. The number of carbonyl (C=O) groups is 1. The van der Waals surface area contributed by atoms with Gasteiger partial charge in [0.05, 0.1) is 5.69 Å². The molecule has 3 rings (SSSR count). The molecule has 0 fully saturated rings. The number of nitrogens with one attached hydrogen (secondary N) is 1. The van der Waals surface area contributed by atoms with Crippen LogP contribution in [0, 0.1) is 12.8 Å². The van der Waals surface area contributed by atoms with Gasteiger partial charge in [0.15, 0.2) is 0 Å². The largest absolute Gasteiger partial charge is 0.351 e. The minimum atomic E-state index is 0.177. The first kappa shape index (κ1) is 12.5. The highest BCUT2D eigenvalue weighted by Crippen LogP contribution is 2.20. The van der Waals surface area contributed by atoms with E-state index in [9.17, 15) is 4.79 Å². The van der Waals surface area contributed by atoms with Gasteiger partial charge in [-0.25, -0.2) is 4.98 Å². The van der Waals surface area contributed by atoms with Gasteiger partial charge in [0.25, 0.3) is 0 Å². The van der Waals surface area contributed by atoms with Crippen molar-refractivity contribution in [3.8, 4) is 0 Å². The number of hydrogen-bond donors (Lipinski definition) is 1. The lowest BCUT2D eigenvalue weighted by Gasteiger charge is -2.27. The molecular weight excluding hydrogens is 238 g/mol. The highest BCUT2D eigenvalue weighted by Gasteiger charge is 2.25. The topological polar surface area (TPSA) is 46.9 Å². The van der Waals surface area contributed by atoms with Crippen LogP contribution in [0.1, 0.15) is 37.2 Å². The molecule has 2 atom stereocenters. The van der Waals surface area contributed by atoms with Gasteiger partial charge in [0.2, 0.25) is 5.91 Å². The zero-order chi connectivity index (χ0) is 13.2. The van der Waals surface area contributed by atoms with Gasteiger partial charge >= 0.3 is 0 Å². The van der Waals surface area contributed by atoms with Crippen LogP contribution in [0.15, 0.2) is 18.3 Å². The molecule has 0 spiro atoms. The summed E-state index contributed by atoms with van der Waals surface area (Å²) < 4.78 is 2.19. The summed E-state index contributed by atoms with van der Waals surface area (Å²) in [5, 5.41) is 3.22. The van der Waals surface area contributed by atoms with Crippen LogP contribution < -0.4 is 5.32 Å². The minimum absolute atomic E-state index is 0.177. The summed E-state index contributed by atoms with van der Waals surface area (Å²) in [7, 11) is 0. The first-order valence-electron chi connectivity index (χ1n) is 7.20. The number of fused-ring (bicyclic) bond motifs is 1. The van der Waals surface area contributed by atoms with Gasteiger partial charge in [0.1, 0.15) is 5.82 Å². The van der Waals surface area contributed by atoms with Crippen molar-refractivity contribution in [3.63, 3.8) is 0 Å². The Bertz CT molecular complexity index is 503. The molecule has 0 bridgehead atoms. The van der Waals surface area contributed by atoms with Crippen LogP contribution in [0.5, 0.6) is 0 Å². The lowest BCUT2D eigenvalue weighted by atomic mass is 9.93. The Hall–Kier alpha value is -1.58. The Kier molecular flexibility index (Phi) is 3.40. The molecule has 0 radical (unpaired) electrons.